The minimum atomic E-state index is -0.0853. The predicted octanol–water partition coefficient (Wildman–Crippen LogP) is 3.01. The molecule has 1 aliphatic heterocycles. The van der Waals surface area contributed by atoms with Crippen LogP contribution in [-0.4, -0.2) is 24.5 Å². The molecule has 5 heteroatoms. The molecule has 1 atom stereocenters. The Morgan fingerprint density at radius 1 is 1.15 bits per heavy atom. The topological polar surface area (TPSA) is 67.4 Å². The molecule has 142 valence electrons. The molecule has 1 unspecified atom stereocenters. The smallest absolute Gasteiger partial charge is 0.251 e. The third-order valence-electron chi connectivity index (χ3n) is 4.79. The monoisotopic (exact) mass is 366 g/mol. The minimum Gasteiger partial charge on any atom is -0.493 e. The van der Waals surface area contributed by atoms with E-state index in [2.05, 4.69) is 10.6 Å². The number of hydrogen-bond acceptors (Lipinski definition) is 3. The molecule has 0 bridgehead atoms. The minimum absolute atomic E-state index is 0.0386. The zero-order valence-electron chi connectivity index (χ0n) is 15.9. The summed E-state index contributed by atoms with van der Waals surface area (Å²) >= 11 is 0. The van der Waals surface area contributed by atoms with Gasteiger partial charge in [-0.3, -0.25) is 9.59 Å². The first-order valence-corrected chi connectivity index (χ1v) is 9.46. The Balaban J connectivity index is 1.54. The van der Waals surface area contributed by atoms with E-state index in [1.807, 2.05) is 50.2 Å². The molecule has 0 radical (unpaired) electrons. The lowest BCUT2D eigenvalue weighted by atomic mass is 10.1. The Hall–Kier alpha value is -2.82. The molecule has 1 heterocycles. The van der Waals surface area contributed by atoms with E-state index >= 15 is 0 Å². The fraction of sp³-hybridized carbons (Fsp3) is 0.364. The quantitative estimate of drug-likeness (QED) is 0.792. The van der Waals surface area contributed by atoms with Gasteiger partial charge in [0.2, 0.25) is 5.91 Å². The molecule has 1 aliphatic rings. The van der Waals surface area contributed by atoms with Gasteiger partial charge >= 0.3 is 0 Å². The van der Waals surface area contributed by atoms with Crippen LogP contribution in [0.25, 0.3) is 0 Å². The van der Waals surface area contributed by atoms with E-state index in [4.69, 9.17) is 4.74 Å². The number of amides is 2. The largest absolute Gasteiger partial charge is 0.493 e. The number of hydrogen-bond donors (Lipinski definition) is 2. The summed E-state index contributed by atoms with van der Waals surface area (Å²) < 4.78 is 5.49. The maximum Gasteiger partial charge on any atom is 0.251 e. The molecule has 27 heavy (non-hydrogen) atoms. The molecule has 5 nitrogen and oxygen atoms in total. The van der Waals surface area contributed by atoms with Crippen molar-refractivity contribution in [3.8, 4) is 5.75 Å². The maximum atomic E-state index is 12.3. The number of rotatable bonds is 7. The second-order valence-corrected chi connectivity index (χ2v) is 6.98. The van der Waals surface area contributed by atoms with Gasteiger partial charge in [0.05, 0.1) is 13.0 Å². The van der Waals surface area contributed by atoms with E-state index in [1.165, 1.54) is 5.56 Å². The first kappa shape index (κ1) is 19.0. The molecule has 0 saturated heterocycles. The van der Waals surface area contributed by atoms with Crippen LogP contribution in [0.15, 0.2) is 42.5 Å². The highest BCUT2D eigenvalue weighted by Crippen LogP contribution is 2.25. The first-order valence-electron chi connectivity index (χ1n) is 9.46. The zero-order chi connectivity index (χ0) is 19.2. The third-order valence-corrected chi connectivity index (χ3v) is 4.79. The van der Waals surface area contributed by atoms with Gasteiger partial charge in [-0.25, -0.2) is 0 Å². The summed E-state index contributed by atoms with van der Waals surface area (Å²) in [6, 6.07) is 13.4. The summed E-state index contributed by atoms with van der Waals surface area (Å²) in [4.78, 5) is 24.5. The molecule has 0 saturated carbocycles. The lowest BCUT2D eigenvalue weighted by molar-refractivity contribution is -0.120. The van der Waals surface area contributed by atoms with Gasteiger partial charge in [0.25, 0.3) is 5.91 Å². The highest BCUT2D eigenvalue weighted by atomic mass is 16.5. The maximum absolute atomic E-state index is 12.3. The average molecular weight is 366 g/mol. The van der Waals surface area contributed by atoms with Crippen LogP contribution in [0.1, 0.15) is 47.3 Å². The number of carbonyl (C=O) groups is 2. The van der Waals surface area contributed by atoms with Crippen molar-refractivity contribution in [2.75, 3.05) is 6.61 Å². The van der Waals surface area contributed by atoms with Crippen molar-refractivity contribution in [1.29, 1.82) is 0 Å². The van der Waals surface area contributed by atoms with Gasteiger partial charge in [-0.15, -0.1) is 0 Å². The highest BCUT2D eigenvalue weighted by Gasteiger charge is 2.13. The number of benzene rings is 2. The molecule has 2 N–H and O–H groups in total. The van der Waals surface area contributed by atoms with Crippen molar-refractivity contribution in [2.45, 2.75) is 45.7 Å². The van der Waals surface area contributed by atoms with Gasteiger partial charge in [0.15, 0.2) is 0 Å². The SMILES string of the molecule is CCC(C)NC(=O)c1cccc(CNC(=O)Cc2ccc3c(c2)CCO3)c1. The molecule has 0 fully saturated rings. The van der Waals surface area contributed by atoms with Crippen molar-refractivity contribution in [3.05, 3.63) is 64.7 Å². The molecule has 3 rings (SSSR count). The van der Waals surface area contributed by atoms with Crippen LogP contribution >= 0.6 is 0 Å². The first-order chi connectivity index (χ1) is 13.0. The molecule has 2 aromatic rings. The Labute approximate surface area is 160 Å². The Morgan fingerprint density at radius 3 is 2.81 bits per heavy atom. The summed E-state index contributed by atoms with van der Waals surface area (Å²) in [6.45, 7) is 5.13. The van der Waals surface area contributed by atoms with E-state index < -0.39 is 0 Å². The summed E-state index contributed by atoms with van der Waals surface area (Å²) in [5.41, 5.74) is 3.67. The van der Waals surface area contributed by atoms with Crippen molar-refractivity contribution >= 4 is 11.8 Å². The molecule has 2 amide bonds. The molecular weight excluding hydrogens is 340 g/mol. The molecule has 0 spiro atoms. The van der Waals surface area contributed by atoms with Gasteiger partial charge in [-0.05, 0) is 48.2 Å². The van der Waals surface area contributed by atoms with Crippen LogP contribution in [0.2, 0.25) is 0 Å². The van der Waals surface area contributed by atoms with Crippen molar-refractivity contribution in [2.24, 2.45) is 0 Å². The van der Waals surface area contributed by atoms with Crippen LogP contribution in [0.3, 0.4) is 0 Å². The second-order valence-electron chi connectivity index (χ2n) is 6.98. The van der Waals surface area contributed by atoms with E-state index in [1.54, 1.807) is 6.07 Å². The normalized spacial score (nSPS) is 13.4. The van der Waals surface area contributed by atoms with Crippen LogP contribution < -0.4 is 15.4 Å². The van der Waals surface area contributed by atoms with Crippen molar-refractivity contribution in [3.63, 3.8) is 0 Å². The van der Waals surface area contributed by atoms with Crippen molar-refractivity contribution in [1.82, 2.24) is 10.6 Å². The Kier molecular flexibility index (Phi) is 6.12. The summed E-state index contributed by atoms with van der Waals surface area (Å²) in [6.07, 6.45) is 2.12. The molecule has 0 aliphatic carbocycles. The van der Waals surface area contributed by atoms with Gasteiger partial charge in [0.1, 0.15) is 5.75 Å². The fourth-order valence-corrected chi connectivity index (χ4v) is 3.03. The Bertz CT molecular complexity index is 832. The number of ether oxygens (including phenoxy) is 1. The average Bonchev–Trinajstić information content (AvgIpc) is 3.14. The van der Waals surface area contributed by atoms with Crippen LogP contribution in [0.5, 0.6) is 5.75 Å². The molecule has 0 aromatic heterocycles. The van der Waals surface area contributed by atoms with Gasteiger partial charge in [-0.1, -0.05) is 31.2 Å². The second kappa shape index (κ2) is 8.71. The lowest BCUT2D eigenvalue weighted by Crippen LogP contribution is -2.32. The van der Waals surface area contributed by atoms with Gasteiger partial charge < -0.3 is 15.4 Å². The van der Waals surface area contributed by atoms with Gasteiger partial charge in [-0.2, -0.15) is 0 Å². The van der Waals surface area contributed by atoms with E-state index in [-0.39, 0.29) is 17.9 Å². The van der Waals surface area contributed by atoms with Crippen LogP contribution in [0, 0.1) is 0 Å². The third kappa shape index (κ3) is 5.09. The standard InChI is InChI=1S/C22H26N2O3/c1-3-15(2)24-22(26)19-6-4-5-17(12-19)14-23-21(25)13-16-7-8-20-18(11-16)9-10-27-20/h4-8,11-12,15H,3,9-10,13-14H2,1-2H3,(H,23,25)(H,24,26). The van der Waals surface area contributed by atoms with E-state index in [0.29, 0.717) is 25.1 Å². The van der Waals surface area contributed by atoms with E-state index in [9.17, 15) is 9.59 Å². The van der Waals surface area contributed by atoms with Gasteiger partial charge in [0, 0.05) is 24.6 Å². The highest BCUT2D eigenvalue weighted by molar-refractivity contribution is 5.94. The molecular formula is C22H26N2O3. The lowest BCUT2D eigenvalue weighted by Gasteiger charge is -2.12. The fourth-order valence-electron chi connectivity index (χ4n) is 3.03. The van der Waals surface area contributed by atoms with Crippen molar-refractivity contribution < 1.29 is 14.3 Å². The summed E-state index contributed by atoms with van der Waals surface area (Å²) in [5.74, 6) is 0.799. The number of nitrogens with one attached hydrogen (secondary N) is 2. The Morgan fingerprint density at radius 2 is 2.00 bits per heavy atom. The van der Waals surface area contributed by atoms with Crippen LogP contribution in [0.4, 0.5) is 0 Å². The predicted molar refractivity (Wildman–Crippen MR) is 105 cm³/mol. The summed E-state index contributed by atoms with van der Waals surface area (Å²) in [5, 5.41) is 5.89. The zero-order valence-corrected chi connectivity index (χ0v) is 15.9. The number of fused-ring (bicyclic) bond motifs is 1. The van der Waals surface area contributed by atoms with E-state index in [0.717, 1.165) is 29.7 Å². The molecule has 2 aromatic carbocycles. The number of carbonyl (C=O) groups excluding carboxylic acids is 2. The van der Waals surface area contributed by atoms with Crippen LogP contribution in [-0.2, 0) is 24.2 Å². The summed E-state index contributed by atoms with van der Waals surface area (Å²) in [7, 11) is 0.